The van der Waals surface area contributed by atoms with Gasteiger partial charge in [-0.2, -0.15) is 0 Å². The standard InChI is InChI=1S/C21H23F2NO2/c1-13-5-6-14(2)18(10-13)20(17-8-7-16(22)11-19(17)23)24-9-3-4-15(12-24)21(25)26/h5-8,10-11,15,20H,3-4,9,12H2,1-2H3,(H,25,26). The van der Waals surface area contributed by atoms with Gasteiger partial charge in [-0.25, -0.2) is 8.78 Å². The van der Waals surface area contributed by atoms with E-state index in [0.717, 1.165) is 29.2 Å². The highest BCUT2D eigenvalue weighted by Crippen LogP contribution is 2.36. The lowest BCUT2D eigenvalue weighted by atomic mass is 9.88. The summed E-state index contributed by atoms with van der Waals surface area (Å²) in [6, 6.07) is 9.18. The fourth-order valence-corrected chi connectivity index (χ4v) is 3.78. The second kappa shape index (κ2) is 7.54. The summed E-state index contributed by atoms with van der Waals surface area (Å²) in [6.45, 7) is 4.96. The number of nitrogens with zero attached hydrogens (tertiary/aromatic N) is 1. The van der Waals surface area contributed by atoms with Gasteiger partial charge < -0.3 is 5.11 Å². The highest BCUT2D eigenvalue weighted by atomic mass is 19.1. The second-order valence-electron chi connectivity index (χ2n) is 7.10. The van der Waals surface area contributed by atoms with Crippen LogP contribution in [-0.2, 0) is 4.79 Å². The minimum Gasteiger partial charge on any atom is -0.481 e. The van der Waals surface area contributed by atoms with Crippen LogP contribution >= 0.6 is 0 Å². The molecule has 0 aliphatic carbocycles. The number of hydrogen-bond acceptors (Lipinski definition) is 2. The van der Waals surface area contributed by atoms with E-state index in [2.05, 4.69) is 0 Å². The molecule has 0 spiro atoms. The van der Waals surface area contributed by atoms with Gasteiger partial charge in [0.25, 0.3) is 0 Å². The average molecular weight is 359 g/mol. The third kappa shape index (κ3) is 3.78. The lowest BCUT2D eigenvalue weighted by Gasteiger charge is -2.38. The maximum Gasteiger partial charge on any atom is 0.307 e. The van der Waals surface area contributed by atoms with E-state index < -0.39 is 29.6 Å². The molecule has 1 N–H and O–H groups in total. The number of hydrogen-bond donors (Lipinski definition) is 1. The molecule has 2 unspecified atom stereocenters. The molecule has 3 nitrogen and oxygen atoms in total. The van der Waals surface area contributed by atoms with Gasteiger partial charge in [-0.1, -0.05) is 29.8 Å². The van der Waals surface area contributed by atoms with Gasteiger partial charge in [-0.15, -0.1) is 0 Å². The topological polar surface area (TPSA) is 40.5 Å². The van der Waals surface area contributed by atoms with E-state index in [1.54, 1.807) is 0 Å². The molecule has 5 heteroatoms. The predicted octanol–water partition coefficient (Wildman–Crippen LogP) is 4.47. The molecule has 0 saturated carbocycles. The number of benzene rings is 2. The van der Waals surface area contributed by atoms with Crippen molar-refractivity contribution in [3.63, 3.8) is 0 Å². The quantitative estimate of drug-likeness (QED) is 0.876. The maximum absolute atomic E-state index is 14.6. The average Bonchev–Trinajstić information content (AvgIpc) is 2.60. The third-order valence-electron chi connectivity index (χ3n) is 5.15. The monoisotopic (exact) mass is 359 g/mol. The number of aryl methyl sites for hydroxylation is 2. The van der Waals surface area contributed by atoms with Crippen molar-refractivity contribution in [1.29, 1.82) is 0 Å². The summed E-state index contributed by atoms with van der Waals surface area (Å²) in [6.07, 6.45) is 1.36. The molecule has 1 heterocycles. The van der Waals surface area contributed by atoms with Crippen LogP contribution in [0.5, 0.6) is 0 Å². The minimum absolute atomic E-state index is 0.351. The first-order chi connectivity index (χ1) is 12.4. The summed E-state index contributed by atoms with van der Waals surface area (Å²) in [5.41, 5.74) is 3.36. The summed E-state index contributed by atoms with van der Waals surface area (Å²) in [5, 5.41) is 9.42. The largest absolute Gasteiger partial charge is 0.481 e. The van der Waals surface area contributed by atoms with Crippen LogP contribution in [0.15, 0.2) is 36.4 Å². The zero-order valence-electron chi connectivity index (χ0n) is 15.0. The van der Waals surface area contributed by atoms with Gasteiger partial charge >= 0.3 is 5.97 Å². The van der Waals surface area contributed by atoms with Crippen LogP contribution in [0.25, 0.3) is 0 Å². The molecular formula is C21H23F2NO2. The molecule has 26 heavy (non-hydrogen) atoms. The van der Waals surface area contributed by atoms with Crippen LogP contribution in [0.2, 0.25) is 0 Å². The fraction of sp³-hybridized carbons (Fsp3) is 0.381. The summed E-state index contributed by atoms with van der Waals surface area (Å²) in [5.74, 6) is -2.52. The van der Waals surface area contributed by atoms with Crippen molar-refractivity contribution in [2.24, 2.45) is 5.92 Å². The summed E-state index contributed by atoms with van der Waals surface area (Å²) < 4.78 is 28.1. The van der Waals surface area contributed by atoms with Crippen molar-refractivity contribution in [3.05, 3.63) is 70.3 Å². The molecule has 0 amide bonds. The maximum atomic E-state index is 14.6. The van der Waals surface area contributed by atoms with Gasteiger partial charge in [0.05, 0.1) is 12.0 Å². The Morgan fingerprint density at radius 1 is 1.15 bits per heavy atom. The Hall–Kier alpha value is -2.27. The van der Waals surface area contributed by atoms with Crippen LogP contribution in [-0.4, -0.2) is 29.1 Å². The van der Waals surface area contributed by atoms with Crippen LogP contribution in [0.3, 0.4) is 0 Å². The number of carboxylic acids is 1. The molecule has 2 aromatic carbocycles. The molecule has 1 aliphatic rings. The molecule has 1 fully saturated rings. The van der Waals surface area contributed by atoms with Crippen molar-refractivity contribution in [2.75, 3.05) is 13.1 Å². The van der Waals surface area contributed by atoms with E-state index in [9.17, 15) is 18.7 Å². The van der Waals surface area contributed by atoms with E-state index >= 15 is 0 Å². The highest BCUT2D eigenvalue weighted by Gasteiger charge is 2.33. The van der Waals surface area contributed by atoms with Gasteiger partial charge in [-0.05, 0) is 50.4 Å². The summed E-state index contributed by atoms with van der Waals surface area (Å²) in [7, 11) is 0. The Bertz CT molecular complexity index is 822. The molecule has 0 aromatic heterocycles. The Labute approximate surface area is 152 Å². The number of likely N-dealkylation sites (tertiary alicyclic amines) is 1. The molecular weight excluding hydrogens is 336 g/mol. The number of rotatable bonds is 4. The van der Waals surface area contributed by atoms with Gasteiger partial charge in [0, 0.05) is 18.2 Å². The normalized spacial score (nSPS) is 19.3. The number of aliphatic carboxylic acids is 1. The number of carboxylic acid groups (broad SMARTS) is 1. The molecule has 3 rings (SSSR count). The zero-order chi connectivity index (χ0) is 18.8. The third-order valence-corrected chi connectivity index (χ3v) is 5.15. The van der Waals surface area contributed by atoms with E-state index in [1.165, 1.54) is 12.1 Å². The number of halogens is 2. The van der Waals surface area contributed by atoms with Crippen molar-refractivity contribution in [3.8, 4) is 0 Å². The van der Waals surface area contributed by atoms with Gasteiger partial charge in [0.15, 0.2) is 0 Å². The van der Waals surface area contributed by atoms with Gasteiger partial charge in [-0.3, -0.25) is 9.69 Å². The molecule has 0 bridgehead atoms. The molecule has 2 atom stereocenters. The van der Waals surface area contributed by atoms with Crippen molar-refractivity contribution in [1.82, 2.24) is 4.90 Å². The molecule has 1 aliphatic heterocycles. The Kier molecular flexibility index (Phi) is 5.37. The first-order valence-electron chi connectivity index (χ1n) is 8.85. The van der Waals surface area contributed by atoms with Gasteiger partial charge in [0.1, 0.15) is 11.6 Å². The molecule has 2 aromatic rings. The zero-order valence-corrected chi connectivity index (χ0v) is 15.0. The molecule has 0 radical (unpaired) electrons. The van der Waals surface area contributed by atoms with E-state index in [4.69, 9.17) is 0 Å². The second-order valence-corrected chi connectivity index (χ2v) is 7.10. The summed E-state index contributed by atoms with van der Waals surface area (Å²) >= 11 is 0. The summed E-state index contributed by atoms with van der Waals surface area (Å²) in [4.78, 5) is 13.5. The number of piperidine rings is 1. The SMILES string of the molecule is Cc1ccc(C)c(C(c2ccc(F)cc2F)N2CCCC(C(=O)O)C2)c1. The fourth-order valence-electron chi connectivity index (χ4n) is 3.78. The first kappa shape index (κ1) is 18.5. The van der Waals surface area contributed by atoms with Crippen LogP contribution in [0, 0.1) is 31.4 Å². The smallest absolute Gasteiger partial charge is 0.307 e. The van der Waals surface area contributed by atoms with E-state index in [1.807, 2.05) is 36.9 Å². The lowest BCUT2D eigenvalue weighted by Crippen LogP contribution is -2.41. The lowest BCUT2D eigenvalue weighted by molar-refractivity contribution is -0.143. The van der Waals surface area contributed by atoms with Crippen LogP contribution in [0.4, 0.5) is 8.78 Å². The van der Waals surface area contributed by atoms with E-state index in [0.29, 0.717) is 25.1 Å². The number of carbonyl (C=O) groups is 1. The van der Waals surface area contributed by atoms with E-state index in [-0.39, 0.29) is 0 Å². The van der Waals surface area contributed by atoms with Crippen molar-refractivity contribution >= 4 is 5.97 Å². The Morgan fingerprint density at radius 3 is 2.62 bits per heavy atom. The predicted molar refractivity (Wildman–Crippen MR) is 96.0 cm³/mol. The molecule has 1 saturated heterocycles. The Balaban J connectivity index is 2.10. The molecule has 138 valence electrons. The van der Waals surface area contributed by atoms with Crippen molar-refractivity contribution in [2.45, 2.75) is 32.7 Å². The van der Waals surface area contributed by atoms with Crippen LogP contribution in [0.1, 0.15) is 41.1 Å². The highest BCUT2D eigenvalue weighted by molar-refractivity contribution is 5.70. The van der Waals surface area contributed by atoms with Gasteiger partial charge in [0.2, 0.25) is 0 Å². The van der Waals surface area contributed by atoms with Crippen molar-refractivity contribution < 1.29 is 18.7 Å². The van der Waals surface area contributed by atoms with Crippen LogP contribution < -0.4 is 0 Å². The Morgan fingerprint density at radius 2 is 1.92 bits per heavy atom. The minimum atomic E-state index is -0.825. The first-order valence-corrected chi connectivity index (χ1v) is 8.85.